The van der Waals surface area contributed by atoms with Gasteiger partial charge < -0.3 is 15.7 Å². The molecule has 1 aromatic carbocycles. The number of hydrogen-bond acceptors (Lipinski definition) is 3. The number of carboxylic acids is 1. The van der Waals surface area contributed by atoms with Gasteiger partial charge in [0.1, 0.15) is 11.0 Å². The molecule has 5 heteroatoms. The maximum Gasteiger partial charge on any atom is 0.326 e. The molecule has 0 amide bonds. The minimum absolute atomic E-state index is 0.340. The normalized spacial score (nSPS) is 11.9. The quantitative estimate of drug-likeness (QED) is 0.771. The van der Waals surface area contributed by atoms with Gasteiger partial charge in [-0.05, 0) is 30.7 Å². The first-order valence-electron chi connectivity index (χ1n) is 5.82. The molecule has 1 rings (SSSR count). The molecule has 0 aliphatic heterocycles. The Morgan fingerprint density at radius 2 is 2.00 bits per heavy atom. The summed E-state index contributed by atoms with van der Waals surface area (Å²) in [6.45, 7) is 1.97. The van der Waals surface area contributed by atoms with Crippen LogP contribution in [0.4, 0.5) is 5.69 Å². The molecule has 0 spiro atoms. The Hall–Kier alpha value is -1.62. The van der Waals surface area contributed by atoms with Gasteiger partial charge in [0.05, 0.1) is 0 Å². The summed E-state index contributed by atoms with van der Waals surface area (Å²) in [4.78, 5) is 13.3. The van der Waals surface area contributed by atoms with Gasteiger partial charge in [-0.15, -0.1) is 0 Å². The second-order valence-electron chi connectivity index (χ2n) is 4.16. The van der Waals surface area contributed by atoms with Crippen LogP contribution in [0, 0.1) is 0 Å². The predicted octanol–water partition coefficient (Wildman–Crippen LogP) is 2.01. The summed E-state index contributed by atoms with van der Waals surface area (Å²) < 4.78 is 0. The lowest BCUT2D eigenvalue weighted by molar-refractivity contribution is -0.138. The van der Waals surface area contributed by atoms with Crippen LogP contribution in [0.5, 0.6) is 0 Å². The van der Waals surface area contributed by atoms with Crippen molar-refractivity contribution in [3.8, 4) is 0 Å². The predicted molar refractivity (Wildman–Crippen MR) is 77.1 cm³/mol. The largest absolute Gasteiger partial charge is 0.480 e. The third kappa shape index (κ3) is 3.43. The Morgan fingerprint density at radius 3 is 2.39 bits per heavy atom. The van der Waals surface area contributed by atoms with Gasteiger partial charge in [-0.3, -0.25) is 0 Å². The number of nitrogens with zero attached hydrogens (tertiary/aromatic N) is 1. The summed E-state index contributed by atoms with van der Waals surface area (Å²) >= 11 is 4.88. The summed E-state index contributed by atoms with van der Waals surface area (Å²) in [6, 6.07) is 6.77. The van der Waals surface area contributed by atoms with Gasteiger partial charge in [0.25, 0.3) is 0 Å². The van der Waals surface area contributed by atoms with Gasteiger partial charge in [0.15, 0.2) is 0 Å². The van der Waals surface area contributed by atoms with Gasteiger partial charge >= 0.3 is 5.97 Å². The number of thiocarbonyl (C=S) groups is 1. The SMILES string of the molecule is CCCC(C(=O)O)N(C)c1ccc(C(N)=S)cc1. The van der Waals surface area contributed by atoms with Gasteiger partial charge in [0, 0.05) is 18.3 Å². The van der Waals surface area contributed by atoms with E-state index in [1.165, 1.54) is 0 Å². The summed E-state index contributed by atoms with van der Waals surface area (Å²) in [5, 5.41) is 9.20. The molecule has 98 valence electrons. The van der Waals surface area contributed by atoms with Crippen molar-refractivity contribution in [2.24, 2.45) is 5.73 Å². The highest BCUT2D eigenvalue weighted by Gasteiger charge is 2.21. The molecule has 1 atom stereocenters. The molecular weight excluding hydrogens is 248 g/mol. The molecule has 0 heterocycles. The van der Waals surface area contributed by atoms with Gasteiger partial charge in [-0.2, -0.15) is 0 Å². The van der Waals surface area contributed by atoms with Crippen LogP contribution in [-0.2, 0) is 4.79 Å². The first-order valence-corrected chi connectivity index (χ1v) is 6.23. The Bertz CT molecular complexity index is 431. The van der Waals surface area contributed by atoms with Crippen LogP contribution in [0.3, 0.4) is 0 Å². The van der Waals surface area contributed by atoms with E-state index in [1.54, 1.807) is 24.1 Å². The number of anilines is 1. The number of benzene rings is 1. The lowest BCUT2D eigenvalue weighted by Crippen LogP contribution is -2.38. The lowest BCUT2D eigenvalue weighted by Gasteiger charge is -2.26. The number of nitrogens with two attached hydrogens (primary N) is 1. The van der Waals surface area contributed by atoms with Crippen molar-refractivity contribution in [3.63, 3.8) is 0 Å². The molecule has 0 fully saturated rings. The van der Waals surface area contributed by atoms with E-state index in [1.807, 2.05) is 19.1 Å². The number of aliphatic carboxylic acids is 1. The molecule has 0 aliphatic rings. The summed E-state index contributed by atoms with van der Waals surface area (Å²) in [7, 11) is 1.78. The Kier molecular flexibility index (Phi) is 5.09. The maximum absolute atomic E-state index is 11.2. The molecule has 0 saturated carbocycles. The Morgan fingerprint density at radius 1 is 1.44 bits per heavy atom. The first-order chi connectivity index (χ1) is 8.47. The molecule has 4 nitrogen and oxygen atoms in total. The molecule has 0 aliphatic carbocycles. The smallest absolute Gasteiger partial charge is 0.326 e. The van der Waals surface area contributed by atoms with Crippen LogP contribution < -0.4 is 10.6 Å². The monoisotopic (exact) mass is 266 g/mol. The van der Waals surface area contributed by atoms with E-state index in [2.05, 4.69) is 0 Å². The van der Waals surface area contributed by atoms with E-state index in [-0.39, 0.29) is 0 Å². The number of hydrogen-bond donors (Lipinski definition) is 2. The molecular formula is C13H18N2O2S. The van der Waals surface area contributed by atoms with Crippen LogP contribution in [0.15, 0.2) is 24.3 Å². The van der Waals surface area contributed by atoms with Crippen molar-refractivity contribution in [1.29, 1.82) is 0 Å². The summed E-state index contributed by atoms with van der Waals surface area (Å²) in [5.74, 6) is -0.808. The summed E-state index contributed by atoms with van der Waals surface area (Å²) in [6.07, 6.45) is 1.44. The van der Waals surface area contributed by atoms with Gasteiger partial charge in [-0.1, -0.05) is 25.6 Å². The van der Waals surface area contributed by atoms with Gasteiger partial charge in [0.2, 0.25) is 0 Å². The van der Waals surface area contributed by atoms with E-state index < -0.39 is 12.0 Å². The van der Waals surface area contributed by atoms with Gasteiger partial charge in [-0.25, -0.2) is 4.79 Å². The van der Waals surface area contributed by atoms with Crippen molar-refractivity contribution < 1.29 is 9.90 Å². The van der Waals surface area contributed by atoms with Crippen molar-refractivity contribution >= 4 is 28.9 Å². The minimum atomic E-state index is -0.808. The van der Waals surface area contributed by atoms with Crippen LogP contribution >= 0.6 is 12.2 Å². The van der Waals surface area contributed by atoms with E-state index in [0.29, 0.717) is 11.4 Å². The van der Waals surface area contributed by atoms with Crippen molar-refractivity contribution in [3.05, 3.63) is 29.8 Å². The molecule has 0 bridgehead atoms. The van der Waals surface area contributed by atoms with E-state index in [0.717, 1.165) is 17.7 Å². The highest BCUT2D eigenvalue weighted by molar-refractivity contribution is 7.80. The Labute approximate surface area is 112 Å². The third-order valence-electron chi connectivity index (χ3n) is 2.87. The second-order valence-corrected chi connectivity index (χ2v) is 4.60. The molecule has 1 unspecified atom stereocenters. The molecule has 3 N–H and O–H groups in total. The van der Waals surface area contributed by atoms with Crippen LogP contribution in [0.2, 0.25) is 0 Å². The zero-order chi connectivity index (χ0) is 13.7. The van der Waals surface area contributed by atoms with Crippen LogP contribution in [0.25, 0.3) is 0 Å². The number of rotatable bonds is 6. The van der Waals surface area contributed by atoms with Crippen molar-refractivity contribution in [1.82, 2.24) is 0 Å². The topological polar surface area (TPSA) is 66.6 Å². The average molecular weight is 266 g/mol. The molecule has 0 aromatic heterocycles. The molecule has 1 aromatic rings. The fraction of sp³-hybridized carbons (Fsp3) is 0.385. The Balaban J connectivity index is 2.91. The average Bonchev–Trinajstić information content (AvgIpc) is 2.35. The maximum atomic E-state index is 11.2. The second kappa shape index (κ2) is 6.35. The first kappa shape index (κ1) is 14.4. The summed E-state index contributed by atoms with van der Waals surface area (Å²) in [5.41, 5.74) is 7.14. The van der Waals surface area contributed by atoms with E-state index in [4.69, 9.17) is 18.0 Å². The zero-order valence-electron chi connectivity index (χ0n) is 10.6. The number of carboxylic acid groups (broad SMARTS) is 1. The zero-order valence-corrected chi connectivity index (χ0v) is 11.4. The fourth-order valence-corrected chi connectivity index (χ4v) is 1.93. The number of carbonyl (C=O) groups is 1. The molecule has 18 heavy (non-hydrogen) atoms. The highest BCUT2D eigenvalue weighted by atomic mass is 32.1. The fourth-order valence-electron chi connectivity index (χ4n) is 1.80. The molecule has 0 saturated heterocycles. The third-order valence-corrected chi connectivity index (χ3v) is 3.11. The number of likely N-dealkylation sites (N-methyl/N-ethyl adjacent to an activating group) is 1. The van der Waals surface area contributed by atoms with Crippen molar-refractivity contribution in [2.45, 2.75) is 25.8 Å². The standard InChI is InChI=1S/C13H18N2O2S/c1-3-4-11(13(16)17)15(2)10-7-5-9(6-8-10)12(14)18/h5-8,11H,3-4H2,1-2H3,(H2,14,18)(H,16,17). The van der Waals surface area contributed by atoms with E-state index in [9.17, 15) is 9.90 Å². The van der Waals surface area contributed by atoms with Crippen LogP contribution in [-0.4, -0.2) is 29.2 Å². The molecule has 0 radical (unpaired) electrons. The van der Waals surface area contributed by atoms with Crippen LogP contribution in [0.1, 0.15) is 25.3 Å². The van der Waals surface area contributed by atoms with Crippen molar-refractivity contribution in [2.75, 3.05) is 11.9 Å². The lowest BCUT2D eigenvalue weighted by atomic mass is 10.1. The highest BCUT2D eigenvalue weighted by Crippen LogP contribution is 2.18. The minimum Gasteiger partial charge on any atom is -0.480 e. The van der Waals surface area contributed by atoms with E-state index >= 15 is 0 Å².